The van der Waals surface area contributed by atoms with Crippen molar-refractivity contribution in [2.45, 2.75) is 60.7 Å². The van der Waals surface area contributed by atoms with Crippen LogP contribution < -0.4 is 10.6 Å². The van der Waals surface area contributed by atoms with Gasteiger partial charge >= 0.3 is 0 Å². The van der Waals surface area contributed by atoms with E-state index in [4.69, 9.17) is 59.7 Å². The summed E-state index contributed by atoms with van der Waals surface area (Å²) < 4.78 is 5.12. The van der Waals surface area contributed by atoms with Crippen LogP contribution in [-0.2, 0) is 32.2 Å². The summed E-state index contributed by atoms with van der Waals surface area (Å²) in [6, 6.07) is 6.41. The van der Waals surface area contributed by atoms with Crippen molar-refractivity contribution in [3.63, 3.8) is 0 Å². The number of likely N-dealkylation sites (tertiary alicyclic amines) is 1. The predicted molar refractivity (Wildman–Crippen MR) is 162 cm³/mol. The Morgan fingerprint density at radius 3 is 2.31 bits per heavy atom. The van der Waals surface area contributed by atoms with Crippen molar-refractivity contribution in [2.75, 3.05) is 6.54 Å². The maximum Gasteiger partial charge on any atom is 0.255 e. The lowest BCUT2D eigenvalue weighted by atomic mass is 9.35. The molecule has 3 saturated heterocycles. The van der Waals surface area contributed by atoms with E-state index < -0.39 is 33.7 Å². The maximum absolute atomic E-state index is 13.2. The van der Waals surface area contributed by atoms with Crippen molar-refractivity contribution in [3.05, 3.63) is 71.0 Å². The minimum Gasteiger partial charge on any atom is -0.403 e. The highest BCUT2D eigenvalue weighted by atomic mass is 16.5. The highest BCUT2D eigenvalue weighted by molar-refractivity contribution is 6.55. The van der Waals surface area contributed by atoms with Gasteiger partial charge < -0.3 is 20.1 Å². The first-order chi connectivity index (χ1) is 19.5. The van der Waals surface area contributed by atoms with Crippen LogP contribution in [0.2, 0.25) is 0 Å². The normalized spacial score (nSPS) is 29.3. The lowest BCUT2D eigenvalue weighted by Gasteiger charge is -2.68. The van der Waals surface area contributed by atoms with Crippen molar-refractivity contribution in [3.8, 4) is 0 Å². The average molecular weight is 549 g/mol. The molecule has 1 aromatic rings. The quantitative estimate of drug-likeness (QED) is 0.195. The Morgan fingerprint density at radius 2 is 1.69 bits per heavy atom. The zero-order valence-electron chi connectivity index (χ0n) is 23.2. The van der Waals surface area contributed by atoms with E-state index in [2.05, 4.69) is 10.6 Å². The standard InChI is InChI=1S/C26H25B7N4O5/c1-2-3-4-18-17(14-36(22(18)40)19-9-10-20(38)35-21(19)39)12-34-11-15-5-7-16(8-6-15)13-37-23(27,28)24(29,30)42-25(31,32)26(37,33)41/h2-8,12,19,34,41H,9-11,13-14H2,1H3,(H,35,38,39)/b3-2-,17-12+,18-4+. The van der Waals surface area contributed by atoms with Crippen LogP contribution in [0.4, 0.5) is 0 Å². The van der Waals surface area contributed by atoms with Gasteiger partial charge in [-0.2, -0.15) is 0 Å². The second kappa shape index (κ2) is 11.7. The van der Waals surface area contributed by atoms with Gasteiger partial charge in [-0.15, -0.1) is 0 Å². The first-order valence-corrected chi connectivity index (χ1v) is 13.2. The molecule has 0 spiro atoms. The number of nitrogens with zero attached hydrogens (tertiary/aromatic N) is 2. The number of hydrogen-bond donors (Lipinski definition) is 3. The van der Waals surface area contributed by atoms with Gasteiger partial charge in [-0.05, 0) is 46.9 Å². The fraction of sp³-hybridized carbons (Fsp3) is 0.423. The number of carbonyl (C=O) groups excluding carboxylic acids is 3. The first-order valence-electron chi connectivity index (χ1n) is 13.2. The van der Waals surface area contributed by atoms with Gasteiger partial charge in [-0.1, -0.05) is 36.4 Å². The van der Waals surface area contributed by atoms with E-state index in [0.29, 0.717) is 23.3 Å². The summed E-state index contributed by atoms with van der Waals surface area (Å²) in [5, 5.41) is 9.55. The van der Waals surface area contributed by atoms with Gasteiger partial charge in [0.1, 0.15) is 29.6 Å². The average Bonchev–Trinajstić information content (AvgIpc) is 3.19. The molecule has 200 valence electrons. The topological polar surface area (TPSA) is 111 Å². The number of nitrogens with one attached hydrogen (secondary N) is 2. The van der Waals surface area contributed by atoms with Crippen molar-refractivity contribution in [2.24, 2.45) is 0 Å². The minimum atomic E-state index is -2.54. The minimum absolute atomic E-state index is 0.134. The molecule has 42 heavy (non-hydrogen) atoms. The highest BCUT2D eigenvalue weighted by Gasteiger charge is 2.58. The largest absolute Gasteiger partial charge is 0.403 e. The van der Waals surface area contributed by atoms with Crippen molar-refractivity contribution >= 4 is 72.6 Å². The van der Waals surface area contributed by atoms with E-state index >= 15 is 0 Å². The number of benzene rings is 1. The lowest BCUT2D eigenvalue weighted by Crippen LogP contribution is -2.85. The summed E-state index contributed by atoms with van der Waals surface area (Å²) in [5.74, 6) is -1.10. The molecule has 3 aliphatic heterocycles. The molecule has 0 saturated carbocycles. The molecule has 1 aromatic carbocycles. The molecular formula is C26H25B7N4O5. The van der Waals surface area contributed by atoms with Gasteiger partial charge in [-0.3, -0.25) is 24.6 Å². The van der Waals surface area contributed by atoms with E-state index in [1.54, 1.807) is 36.6 Å². The molecule has 0 bridgehead atoms. The Hall–Kier alpha value is -2.82. The number of piperidine rings is 1. The molecular weight excluding hydrogens is 524 g/mol. The van der Waals surface area contributed by atoms with Crippen molar-refractivity contribution in [1.29, 1.82) is 0 Å². The van der Waals surface area contributed by atoms with Crippen LogP contribution in [0.5, 0.6) is 0 Å². The van der Waals surface area contributed by atoms with Gasteiger partial charge in [0.2, 0.25) is 11.8 Å². The summed E-state index contributed by atoms with van der Waals surface area (Å²) in [7, 11) is 41.6. The van der Waals surface area contributed by atoms with Gasteiger partial charge in [0, 0.05) is 43.2 Å². The van der Waals surface area contributed by atoms with E-state index in [1.165, 1.54) is 4.90 Å². The molecule has 3 aliphatic rings. The molecule has 3 heterocycles. The predicted octanol–water partition coefficient (Wildman–Crippen LogP) is -2.57. The number of aliphatic hydroxyl groups is 1. The fourth-order valence-electron chi connectivity index (χ4n) is 4.99. The molecule has 0 aliphatic carbocycles. The number of hydrogen-bond acceptors (Lipinski definition) is 7. The molecule has 3 fully saturated rings. The zero-order chi connectivity index (χ0) is 31.1. The SMILES string of the molecule is [B]C1([B])OC([B])([B])C([B])(O)N(Cc2ccc(CN\C=C3/CN(C4CCC(=O)NC4=O)C(=O)/C3=C/C=C\C)cc2)C1([B])[B]. The van der Waals surface area contributed by atoms with Gasteiger partial charge in [-0.25, -0.2) is 0 Å². The smallest absolute Gasteiger partial charge is 0.255 e. The second-order valence-electron chi connectivity index (χ2n) is 10.7. The third-order valence-corrected chi connectivity index (χ3v) is 7.56. The Kier molecular flexibility index (Phi) is 8.94. The van der Waals surface area contributed by atoms with Crippen LogP contribution in [0.1, 0.15) is 30.9 Å². The van der Waals surface area contributed by atoms with Crippen LogP contribution >= 0.6 is 0 Å². The van der Waals surface area contributed by atoms with E-state index in [9.17, 15) is 19.5 Å². The van der Waals surface area contributed by atoms with Crippen LogP contribution in [0.25, 0.3) is 0 Å². The summed E-state index contributed by atoms with van der Waals surface area (Å²) in [4.78, 5) is 39.5. The summed E-state index contributed by atoms with van der Waals surface area (Å²) in [6.07, 6.45) is 7.43. The molecule has 4 rings (SSSR count). The summed E-state index contributed by atoms with van der Waals surface area (Å²) in [6.45, 7) is 2.31. The van der Waals surface area contributed by atoms with Gasteiger partial charge in [0.25, 0.3) is 5.91 Å². The molecule has 16 heteroatoms. The number of allylic oxidation sites excluding steroid dienone is 3. The molecule has 3 N–H and O–H groups in total. The Labute approximate surface area is 255 Å². The summed E-state index contributed by atoms with van der Waals surface area (Å²) >= 11 is 0. The molecule has 14 radical (unpaired) electrons. The van der Waals surface area contributed by atoms with E-state index in [-0.39, 0.29) is 37.7 Å². The summed E-state index contributed by atoms with van der Waals surface area (Å²) in [5.41, 5.74) is 0.114. The van der Waals surface area contributed by atoms with Crippen LogP contribution in [-0.4, -0.2) is 122 Å². The van der Waals surface area contributed by atoms with Gasteiger partial charge in [0.15, 0.2) is 0 Å². The number of morpholine rings is 1. The fourth-order valence-corrected chi connectivity index (χ4v) is 4.99. The number of carbonyl (C=O) groups is 3. The Morgan fingerprint density at radius 1 is 1.05 bits per heavy atom. The van der Waals surface area contributed by atoms with Crippen molar-refractivity contribution < 1.29 is 24.2 Å². The molecule has 2 unspecified atom stereocenters. The molecule has 9 nitrogen and oxygen atoms in total. The van der Waals surface area contributed by atoms with Crippen molar-refractivity contribution in [1.82, 2.24) is 20.4 Å². The highest BCUT2D eigenvalue weighted by Crippen LogP contribution is 2.41. The second-order valence-corrected chi connectivity index (χ2v) is 10.7. The molecule has 0 aromatic heterocycles. The third-order valence-electron chi connectivity index (χ3n) is 7.56. The first kappa shape index (κ1) is 32.1. The van der Waals surface area contributed by atoms with Gasteiger partial charge in [0.05, 0.1) is 37.0 Å². The maximum atomic E-state index is 13.2. The Balaban J connectivity index is 1.46. The monoisotopic (exact) mass is 550 g/mol. The number of amides is 3. The van der Waals surface area contributed by atoms with E-state index in [0.717, 1.165) is 10.5 Å². The Bertz CT molecular complexity index is 1320. The van der Waals surface area contributed by atoms with Crippen LogP contribution in [0.15, 0.2) is 59.8 Å². The van der Waals surface area contributed by atoms with Crippen LogP contribution in [0, 0.1) is 0 Å². The molecule has 3 amide bonds. The number of rotatable bonds is 7. The third kappa shape index (κ3) is 5.99. The zero-order valence-corrected chi connectivity index (χ0v) is 23.2. The lowest BCUT2D eigenvalue weighted by molar-refractivity contribution is -0.220. The number of ether oxygens (including phenoxy) is 1. The van der Waals surface area contributed by atoms with Crippen LogP contribution in [0.3, 0.4) is 0 Å². The number of imide groups is 1. The van der Waals surface area contributed by atoms with E-state index in [1.807, 2.05) is 19.1 Å². The molecule has 2 atom stereocenters.